The summed E-state index contributed by atoms with van der Waals surface area (Å²) in [6, 6.07) is 0.297. The third-order valence-corrected chi connectivity index (χ3v) is 4.65. The number of amides is 2. The lowest BCUT2D eigenvalue weighted by atomic mass is 10.1. The number of likely N-dealkylation sites (tertiary alicyclic amines) is 1. The minimum Gasteiger partial charge on any atom is -0.371 e. The number of carbonyl (C=O) groups excluding carboxylic acids is 1. The van der Waals surface area contributed by atoms with Crippen LogP contribution < -0.4 is 5.32 Å². The van der Waals surface area contributed by atoms with E-state index in [4.69, 9.17) is 4.74 Å². The Kier molecular flexibility index (Phi) is 4.38. The number of urea groups is 1. The van der Waals surface area contributed by atoms with Gasteiger partial charge in [-0.05, 0) is 39.5 Å². The van der Waals surface area contributed by atoms with Crippen LogP contribution in [0, 0.1) is 0 Å². The Balaban J connectivity index is 1.48. The van der Waals surface area contributed by atoms with Crippen molar-refractivity contribution in [2.24, 2.45) is 0 Å². The predicted molar refractivity (Wildman–Crippen MR) is 83.5 cm³/mol. The zero-order chi connectivity index (χ0) is 15.6. The van der Waals surface area contributed by atoms with Crippen molar-refractivity contribution >= 4 is 6.03 Å². The molecule has 2 saturated heterocycles. The zero-order valence-corrected chi connectivity index (χ0v) is 13.5. The van der Waals surface area contributed by atoms with Gasteiger partial charge in [0.25, 0.3) is 0 Å². The molecule has 3 rings (SSSR count). The van der Waals surface area contributed by atoms with Crippen molar-refractivity contribution in [1.82, 2.24) is 19.8 Å². The monoisotopic (exact) mass is 306 g/mol. The van der Waals surface area contributed by atoms with Crippen molar-refractivity contribution in [1.29, 1.82) is 0 Å². The smallest absolute Gasteiger partial charge is 0.317 e. The van der Waals surface area contributed by atoms with Gasteiger partial charge in [0.15, 0.2) is 0 Å². The molecule has 0 saturated carbocycles. The summed E-state index contributed by atoms with van der Waals surface area (Å²) in [6.45, 7) is 6.48. The molecule has 1 N–H and O–H groups in total. The summed E-state index contributed by atoms with van der Waals surface area (Å²) in [7, 11) is 0. The molecule has 2 aliphatic rings. The molecule has 0 radical (unpaired) electrons. The first-order valence-electron chi connectivity index (χ1n) is 8.21. The molecule has 0 spiro atoms. The standard InChI is InChI=1S/C16H26N4O2/c1-16(2)6-5-14(22-16)10-18-15(21)20-8-3-4-13(20)11-19-9-7-17-12-19/h7,9,12-14H,3-6,8,10-11H2,1-2H3,(H,18,21)/t13-,14+/m0/s1. The molecule has 0 aromatic carbocycles. The molecule has 0 aliphatic carbocycles. The summed E-state index contributed by atoms with van der Waals surface area (Å²) in [5.41, 5.74) is -0.0486. The lowest BCUT2D eigenvalue weighted by Crippen LogP contribution is -2.46. The van der Waals surface area contributed by atoms with Crippen molar-refractivity contribution in [2.45, 2.75) is 63.8 Å². The van der Waals surface area contributed by atoms with Crippen LogP contribution in [0.4, 0.5) is 4.79 Å². The molecule has 122 valence electrons. The lowest BCUT2D eigenvalue weighted by Gasteiger charge is -2.26. The van der Waals surface area contributed by atoms with Gasteiger partial charge in [0.05, 0.1) is 24.1 Å². The third-order valence-electron chi connectivity index (χ3n) is 4.65. The fourth-order valence-electron chi connectivity index (χ4n) is 3.46. The van der Waals surface area contributed by atoms with E-state index in [1.807, 2.05) is 22.0 Å². The van der Waals surface area contributed by atoms with E-state index in [9.17, 15) is 4.79 Å². The van der Waals surface area contributed by atoms with Gasteiger partial charge in [-0.2, -0.15) is 0 Å². The van der Waals surface area contributed by atoms with Crippen LogP contribution in [0.15, 0.2) is 18.7 Å². The number of hydrogen-bond acceptors (Lipinski definition) is 3. The molecule has 2 amide bonds. The Morgan fingerprint density at radius 2 is 2.32 bits per heavy atom. The number of nitrogens with one attached hydrogen (secondary N) is 1. The van der Waals surface area contributed by atoms with Gasteiger partial charge in [-0.25, -0.2) is 9.78 Å². The summed E-state index contributed by atoms with van der Waals surface area (Å²) in [4.78, 5) is 18.5. The van der Waals surface area contributed by atoms with Gasteiger partial charge >= 0.3 is 6.03 Å². The van der Waals surface area contributed by atoms with Gasteiger partial charge in [-0.3, -0.25) is 0 Å². The third kappa shape index (κ3) is 3.61. The van der Waals surface area contributed by atoms with E-state index in [-0.39, 0.29) is 23.8 Å². The minimum absolute atomic E-state index is 0.0379. The molecule has 1 aromatic heterocycles. The van der Waals surface area contributed by atoms with Crippen LogP contribution in [0.1, 0.15) is 39.5 Å². The second-order valence-corrected chi connectivity index (χ2v) is 6.97. The van der Waals surface area contributed by atoms with Crippen molar-refractivity contribution < 1.29 is 9.53 Å². The van der Waals surface area contributed by atoms with Crippen molar-refractivity contribution in [3.8, 4) is 0 Å². The maximum Gasteiger partial charge on any atom is 0.317 e. The Labute approximate surface area is 131 Å². The molecule has 3 heterocycles. The topological polar surface area (TPSA) is 59.4 Å². The molecular weight excluding hydrogens is 280 g/mol. The summed E-state index contributed by atoms with van der Waals surface area (Å²) in [5.74, 6) is 0. The Morgan fingerprint density at radius 1 is 1.45 bits per heavy atom. The second kappa shape index (κ2) is 6.28. The summed E-state index contributed by atoms with van der Waals surface area (Å²) in [6.07, 6.45) is 9.88. The van der Waals surface area contributed by atoms with Crippen LogP contribution in [-0.4, -0.2) is 51.3 Å². The van der Waals surface area contributed by atoms with Crippen LogP contribution in [-0.2, 0) is 11.3 Å². The van der Waals surface area contributed by atoms with Gasteiger partial charge in [0, 0.05) is 32.0 Å². The normalized spacial score (nSPS) is 27.3. The Morgan fingerprint density at radius 3 is 3.00 bits per heavy atom. The molecule has 2 aliphatic heterocycles. The number of carbonyl (C=O) groups is 1. The average Bonchev–Trinajstić information content (AvgIpc) is 3.18. The highest BCUT2D eigenvalue weighted by atomic mass is 16.5. The SMILES string of the molecule is CC1(C)CC[C@H](CNC(=O)N2CCC[C@H]2Cn2ccnc2)O1. The number of aromatic nitrogens is 2. The van der Waals surface area contributed by atoms with Crippen LogP contribution in [0.5, 0.6) is 0 Å². The second-order valence-electron chi connectivity index (χ2n) is 6.97. The molecule has 2 atom stereocenters. The summed E-state index contributed by atoms with van der Waals surface area (Å²) < 4.78 is 7.97. The van der Waals surface area contributed by atoms with Crippen LogP contribution in [0.25, 0.3) is 0 Å². The number of ether oxygens (including phenoxy) is 1. The maximum absolute atomic E-state index is 12.4. The fraction of sp³-hybridized carbons (Fsp3) is 0.750. The van der Waals surface area contributed by atoms with E-state index in [1.54, 1.807) is 6.20 Å². The number of rotatable bonds is 4. The molecule has 0 bridgehead atoms. The van der Waals surface area contributed by atoms with E-state index in [0.29, 0.717) is 6.54 Å². The molecule has 2 fully saturated rings. The molecule has 6 nitrogen and oxygen atoms in total. The minimum atomic E-state index is -0.0486. The summed E-state index contributed by atoms with van der Waals surface area (Å²) in [5, 5.41) is 3.05. The van der Waals surface area contributed by atoms with Gasteiger partial charge in [0.1, 0.15) is 0 Å². The van der Waals surface area contributed by atoms with E-state index in [1.165, 1.54) is 0 Å². The van der Waals surface area contributed by atoms with Crippen molar-refractivity contribution in [3.05, 3.63) is 18.7 Å². The molecular formula is C16H26N4O2. The zero-order valence-electron chi connectivity index (χ0n) is 13.5. The van der Waals surface area contributed by atoms with E-state index < -0.39 is 0 Å². The Bertz CT molecular complexity index is 500. The molecule has 0 unspecified atom stereocenters. The first-order chi connectivity index (χ1) is 10.5. The van der Waals surface area contributed by atoms with Gasteiger partial charge in [-0.15, -0.1) is 0 Å². The van der Waals surface area contributed by atoms with Crippen molar-refractivity contribution in [2.75, 3.05) is 13.1 Å². The van der Waals surface area contributed by atoms with Gasteiger partial charge < -0.3 is 19.5 Å². The number of imidazole rings is 1. The first-order valence-corrected chi connectivity index (χ1v) is 8.21. The number of nitrogens with zero attached hydrogens (tertiary/aromatic N) is 3. The predicted octanol–water partition coefficient (Wildman–Crippen LogP) is 2.01. The van der Waals surface area contributed by atoms with Crippen LogP contribution in [0.3, 0.4) is 0 Å². The fourth-order valence-corrected chi connectivity index (χ4v) is 3.46. The number of hydrogen-bond donors (Lipinski definition) is 1. The first kappa shape index (κ1) is 15.3. The Hall–Kier alpha value is -1.56. The van der Waals surface area contributed by atoms with Gasteiger partial charge in [0.2, 0.25) is 0 Å². The van der Waals surface area contributed by atoms with E-state index in [2.05, 4.69) is 24.1 Å². The van der Waals surface area contributed by atoms with Crippen LogP contribution >= 0.6 is 0 Å². The lowest BCUT2D eigenvalue weighted by molar-refractivity contribution is -0.0136. The highest BCUT2D eigenvalue weighted by molar-refractivity contribution is 5.74. The maximum atomic E-state index is 12.4. The molecule has 1 aromatic rings. The van der Waals surface area contributed by atoms with E-state index >= 15 is 0 Å². The average molecular weight is 306 g/mol. The highest BCUT2D eigenvalue weighted by Crippen LogP contribution is 2.29. The quantitative estimate of drug-likeness (QED) is 0.926. The molecule has 6 heteroatoms. The highest BCUT2D eigenvalue weighted by Gasteiger charge is 2.33. The van der Waals surface area contributed by atoms with E-state index in [0.717, 1.165) is 38.8 Å². The molecule has 22 heavy (non-hydrogen) atoms. The largest absolute Gasteiger partial charge is 0.371 e. The van der Waals surface area contributed by atoms with Crippen molar-refractivity contribution in [3.63, 3.8) is 0 Å². The van der Waals surface area contributed by atoms with Crippen LogP contribution in [0.2, 0.25) is 0 Å². The van der Waals surface area contributed by atoms with Gasteiger partial charge in [-0.1, -0.05) is 0 Å². The summed E-state index contributed by atoms with van der Waals surface area (Å²) >= 11 is 0.